The second kappa shape index (κ2) is 13.8. The van der Waals surface area contributed by atoms with Gasteiger partial charge in [0.1, 0.15) is 12.2 Å². The molecule has 0 fully saturated rings. The van der Waals surface area contributed by atoms with E-state index in [1.165, 1.54) is 0 Å². The second-order valence-corrected chi connectivity index (χ2v) is 10.7. The fourth-order valence-electron chi connectivity index (χ4n) is 3.01. The number of carboxylic acid groups (broad SMARTS) is 1. The fourth-order valence-corrected chi connectivity index (χ4v) is 4.45. The Morgan fingerprint density at radius 2 is 1.68 bits per heavy atom. The van der Waals surface area contributed by atoms with E-state index in [0.717, 1.165) is 9.75 Å². The summed E-state index contributed by atoms with van der Waals surface area (Å²) in [5, 5.41) is 17.7. The van der Waals surface area contributed by atoms with Crippen molar-refractivity contribution in [2.24, 2.45) is 0 Å². The molecule has 0 aliphatic heterocycles. The van der Waals surface area contributed by atoms with E-state index in [9.17, 15) is 14.4 Å². The average Bonchev–Trinajstić information content (AvgIpc) is 3.43. The molecule has 0 aromatic carbocycles. The van der Waals surface area contributed by atoms with Gasteiger partial charge in [0.25, 0.3) is 0 Å². The minimum atomic E-state index is -1.08. The van der Waals surface area contributed by atoms with Crippen molar-refractivity contribution in [1.29, 1.82) is 0 Å². The van der Waals surface area contributed by atoms with Gasteiger partial charge in [-0.2, -0.15) is 0 Å². The summed E-state index contributed by atoms with van der Waals surface area (Å²) in [6, 6.07) is 7.35. The lowest BCUT2D eigenvalue weighted by atomic mass is 10.1. The summed E-state index contributed by atoms with van der Waals surface area (Å²) in [5.41, 5.74) is -0.658. The van der Waals surface area contributed by atoms with Crippen LogP contribution in [0.25, 0.3) is 0 Å². The smallest absolute Gasteiger partial charge is 0.410 e. The maximum absolute atomic E-state index is 13.0. The number of hydrogen-bond donors (Lipinski definition) is 3. The van der Waals surface area contributed by atoms with E-state index in [1.807, 2.05) is 35.0 Å². The third-order valence-corrected chi connectivity index (χ3v) is 6.22. The summed E-state index contributed by atoms with van der Waals surface area (Å²) in [6.07, 6.45) is -0.406. The molecule has 0 bridgehead atoms. The minimum Gasteiger partial charge on any atom is -0.465 e. The monoisotopic (exact) mass is 511 g/mol. The number of nitrogens with one attached hydrogen (secondary N) is 2. The number of carbonyl (C=O) groups excluding carboxylic acids is 2. The van der Waals surface area contributed by atoms with Crippen LogP contribution in [-0.4, -0.2) is 53.1 Å². The molecule has 0 saturated carbocycles. The van der Waals surface area contributed by atoms with Crippen molar-refractivity contribution in [2.75, 3.05) is 13.2 Å². The number of ether oxygens (including phenoxy) is 2. The van der Waals surface area contributed by atoms with Crippen LogP contribution in [0.1, 0.15) is 49.8 Å². The van der Waals surface area contributed by atoms with E-state index in [1.54, 1.807) is 48.3 Å². The SMILES string of the molecule is CC(C)(C)OC(=O)N[C@@H](CCCCNC(=O)O)COC(=O)N(Cc1cccs1)Cc1cccs1. The van der Waals surface area contributed by atoms with Crippen LogP contribution < -0.4 is 10.6 Å². The number of nitrogens with zero attached hydrogens (tertiary/aromatic N) is 1. The van der Waals surface area contributed by atoms with Crippen molar-refractivity contribution in [2.45, 2.75) is 64.8 Å². The molecule has 2 aromatic heterocycles. The van der Waals surface area contributed by atoms with Gasteiger partial charge >= 0.3 is 18.3 Å². The first-order valence-corrected chi connectivity index (χ1v) is 12.8. The van der Waals surface area contributed by atoms with Crippen LogP contribution >= 0.6 is 22.7 Å². The molecule has 34 heavy (non-hydrogen) atoms. The summed E-state index contributed by atoms with van der Waals surface area (Å²) < 4.78 is 10.9. The molecule has 0 spiro atoms. The normalized spacial score (nSPS) is 12.0. The molecule has 3 N–H and O–H groups in total. The Kier molecular flexibility index (Phi) is 11.1. The van der Waals surface area contributed by atoms with Gasteiger partial charge in [-0.05, 0) is 62.9 Å². The highest BCUT2D eigenvalue weighted by atomic mass is 32.1. The number of thiophene rings is 2. The number of rotatable bonds is 12. The largest absolute Gasteiger partial charge is 0.465 e. The van der Waals surface area contributed by atoms with Gasteiger partial charge in [0.2, 0.25) is 0 Å². The van der Waals surface area contributed by atoms with E-state index < -0.39 is 29.9 Å². The summed E-state index contributed by atoms with van der Waals surface area (Å²) in [4.78, 5) is 39.6. The van der Waals surface area contributed by atoms with Crippen LogP contribution in [0.2, 0.25) is 0 Å². The van der Waals surface area contributed by atoms with E-state index in [0.29, 0.717) is 38.9 Å². The highest BCUT2D eigenvalue weighted by molar-refractivity contribution is 7.10. The Morgan fingerprint density at radius 1 is 1.06 bits per heavy atom. The molecule has 11 heteroatoms. The molecular weight excluding hydrogens is 478 g/mol. The van der Waals surface area contributed by atoms with E-state index >= 15 is 0 Å². The van der Waals surface area contributed by atoms with E-state index in [-0.39, 0.29) is 6.61 Å². The molecule has 0 radical (unpaired) electrons. The lowest BCUT2D eigenvalue weighted by Crippen LogP contribution is -2.43. The Hall–Kier alpha value is -2.79. The van der Waals surface area contributed by atoms with Gasteiger partial charge in [-0.1, -0.05) is 12.1 Å². The zero-order valence-electron chi connectivity index (χ0n) is 19.7. The van der Waals surface area contributed by atoms with Crippen LogP contribution in [-0.2, 0) is 22.6 Å². The predicted octanol–water partition coefficient (Wildman–Crippen LogP) is 5.28. The molecule has 2 aromatic rings. The van der Waals surface area contributed by atoms with Crippen LogP contribution in [0.3, 0.4) is 0 Å². The molecular formula is C23H33N3O6S2. The second-order valence-electron chi connectivity index (χ2n) is 8.66. The van der Waals surface area contributed by atoms with E-state index in [2.05, 4.69) is 10.6 Å². The fraction of sp³-hybridized carbons (Fsp3) is 0.522. The maximum Gasteiger partial charge on any atom is 0.410 e. The molecule has 1 atom stereocenters. The van der Waals surface area contributed by atoms with Crippen LogP contribution in [0.5, 0.6) is 0 Å². The van der Waals surface area contributed by atoms with Crippen LogP contribution in [0, 0.1) is 0 Å². The zero-order valence-corrected chi connectivity index (χ0v) is 21.4. The average molecular weight is 512 g/mol. The third kappa shape index (κ3) is 11.4. The number of alkyl carbamates (subject to hydrolysis) is 1. The van der Waals surface area contributed by atoms with Gasteiger partial charge in [-0.15, -0.1) is 22.7 Å². The van der Waals surface area contributed by atoms with Crippen molar-refractivity contribution in [3.05, 3.63) is 44.8 Å². The van der Waals surface area contributed by atoms with Crippen molar-refractivity contribution in [1.82, 2.24) is 15.5 Å². The van der Waals surface area contributed by atoms with Gasteiger partial charge in [-0.25, -0.2) is 14.4 Å². The van der Waals surface area contributed by atoms with Gasteiger partial charge < -0.3 is 25.2 Å². The van der Waals surface area contributed by atoms with Crippen molar-refractivity contribution < 1.29 is 29.0 Å². The predicted molar refractivity (Wildman–Crippen MR) is 132 cm³/mol. The lowest BCUT2D eigenvalue weighted by Gasteiger charge is -2.25. The molecule has 2 rings (SSSR count). The Balaban J connectivity index is 1.96. The lowest BCUT2D eigenvalue weighted by molar-refractivity contribution is 0.0443. The highest BCUT2D eigenvalue weighted by Gasteiger charge is 2.23. The number of amides is 3. The van der Waals surface area contributed by atoms with Crippen molar-refractivity contribution in [3.63, 3.8) is 0 Å². The van der Waals surface area contributed by atoms with Crippen molar-refractivity contribution >= 4 is 41.0 Å². The third-order valence-electron chi connectivity index (χ3n) is 4.50. The molecule has 0 saturated heterocycles. The molecule has 3 amide bonds. The standard InChI is InChI=1S/C23H33N3O6S2/c1-23(2,3)32-21(29)25-17(8-4-5-11-24-20(27)28)16-31-22(30)26(14-18-9-6-12-33-18)15-19-10-7-13-34-19/h6-7,9-10,12-13,17,24H,4-5,8,11,14-16H2,1-3H3,(H,25,29)(H,27,28)/t17-/m0/s1. The van der Waals surface area contributed by atoms with Crippen LogP contribution in [0.15, 0.2) is 35.0 Å². The first-order chi connectivity index (χ1) is 16.1. The zero-order chi connectivity index (χ0) is 25.0. The van der Waals surface area contributed by atoms with Gasteiger partial charge in [-0.3, -0.25) is 4.90 Å². The van der Waals surface area contributed by atoms with Crippen LogP contribution in [0.4, 0.5) is 14.4 Å². The van der Waals surface area contributed by atoms with Gasteiger partial charge in [0, 0.05) is 16.3 Å². The molecule has 0 aliphatic rings. The first-order valence-electron chi connectivity index (χ1n) is 11.0. The summed E-state index contributed by atoms with van der Waals surface area (Å²) in [7, 11) is 0. The minimum absolute atomic E-state index is 0.0180. The number of carbonyl (C=O) groups is 3. The number of hydrogen-bond acceptors (Lipinski definition) is 7. The molecule has 2 heterocycles. The molecule has 9 nitrogen and oxygen atoms in total. The van der Waals surface area contributed by atoms with Gasteiger partial charge in [0.15, 0.2) is 0 Å². The Labute approximate surface area is 208 Å². The first kappa shape index (κ1) is 27.5. The van der Waals surface area contributed by atoms with Gasteiger partial charge in [0.05, 0.1) is 19.1 Å². The highest BCUT2D eigenvalue weighted by Crippen LogP contribution is 2.18. The van der Waals surface area contributed by atoms with E-state index in [4.69, 9.17) is 14.6 Å². The summed E-state index contributed by atoms with van der Waals surface area (Å²) in [6.45, 7) is 6.46. The Morgan fingerprint density at radius 3 is 2.18 bits per heavy atom. The number of unbranched alkanes of at least 4 members (excludes halogenated alkanes) is 1. The maximum atomic E-state index is 13.0. The molecule has 0 aliphatic carbocycles. The Bertz CT molecular complexity index is 845. The summed E-state index contributed by atoms with van der Waals surface area (Å²) >= 11 is 3.14. The summed E-state index contributed by atoms with van der Waals surface area (Å²) in [5.74, 6) is 0. The van der Waals surface area contributed by atoms with Crippen molar-refractivity contribution in [3.8, 4) is 0 Å². The molecule has 188 valence electrons. The molecule has 0 unspecified atom stereocenters. The topological polar surface area (TPSA) is 117 Å². The quantitative estimate of drug-likeness (QED) is 0.334.